The van der Waals surface area contributed by atoms with E-state index in [0.717, 1.165) is 44.9 Å². The summed E-state index contributed by atoms with van der Waals surface area (Å²) in [7, 11) is 1.56. The number of amides is 1. The molecule has 444 valence electrons. The second kappa shape index (κ2) is 57.4. The Kier molecular flexibility index (Phi) is 56.4. The van der Waals surface area contributed by atoms with Gasteiger partial charge in [-0.15, -0.1) is 0 Å². The molecule has 0 aromatic rings. The van der Waals surface area contributed by atoms with Crippen molar-refractivity contribution in [2.75, 3.05) is 40.9 Å². The highest BCUT2D eigenvalue weighted by Crippen LogP contribution is 2.43. The number of hydrogen-bond acceptors (Lipinski definition) is 5. The maximum absolute atomic E-state index is 13.0. The molecule has 3 N–H and O–H groups in total. The summed E-state index contributed by atoms with van der Waals surface area (Å²) in [5, 5.41) is 13.9. The SMILES string of the molecule is CCCCCCCC/C=C/CC/C=C/CC/C=C/C(O)C(COP(=O)(O)OCC[N+](C)(C)C)NC(=O)CCCCCCCCCCCCCCCCCCCCCCCCCCCCCCCCCCCCCCC. The van der Waals surface area contributed by atoms with Crippen LogP contribution in [0.5, 0.6) is 0 Å². The van der Waals surface area contributed by atoms with Gasteiger partial charge in [0.2, 0.25) is 5.91 Å². The molecule has 0 saturated heterocycles. The summed E-state index contributed by atoms with van der Waals surface area (Å²) < 4.78 is 23.7. The molecule has 0 heterocycles. The van der Waals surface area contributed by atoms with Gasteiger partial charge in [-0.05, 0) is 44.9 Å². The summed E-state index contributed by atoms with van der Waals surface area (Å²) in [5.41, 5.74) is 0. The van der Waals surface area contributed by atoms with Crippen LogP contribution in [0.3, 0.4) is 0 Å². The number of nitrogens with zero attached hydrogens (tertiary/aromatic N) is 1. The van der Waals surface area contributed by atoms with E-state index in [9.17, 15) is 19.4 Å². The lowest BCUT2D eigenvalue weighted by Crippen LogP contribution is -2.45. The van der Waals surface area contributed by atoms with E-state index in [1.165, 1.54) is 263 Å². The van der Waals surface area contributed by atoms with Crippen molar-refractivity contribution in [2.24, 2.45) is 0 Å². The Morgan fingerprint density at radius 1 is 0.440 bits per heavy atom. The lowest BCUT2D eigenvalue weighted by molar-refractivity contribution is -0.870. The second-order valence-electron chi connectivity index (χ2n) is 23.8. The van der Waals surface area contributed by atoms with Crippen molar-refractivity contribution >= 4 is 13.7 Å². The minimum atomic E-state index is -4.36. The van der Waals surface area contributed by atoms with E-state index >= 15 is 0 Å². The second-order valence-corrected chi connectivity index (χ2v) is 25.3. The van der Waals surface area contributed by atoms with Gasteiger partial charge in [0, 0.05) is 6.42 Å². The van der Waals surface area contributed by atoms with Gasteiger partial charge in [-0.3, -0.25) is 13.8 Å². The van der Waals surface area contributed by atoms with Crippen LogP contribution in [-0.4, -0.2) is 73.4 Å². The summed E-state index contributed by atoms with van der Waals surface area (Å²) in [6, 6.07) is -0.868. The molecule has 0 fully saturated rings. The molecule has 9 heteroatoms. The van der Waals surface area contributed by atoms with Gasteiger partial charge in [0.05, 0.1) is 39.9 Å². The van der Waals surface area contributed by atoms with E-state index in [4.69, 9.17) is 9.05 Å². The smallest absolute Gasteiger partial charge is 0.387 e. The predicted octanol–water partition coefficient (Wildman–Crippen LogP) is 20.5. The largest absolute Gasteiger partial charge is 0.472 e. The molecular weight excluding hydrogens is 948 g/mol. The Morgan fingerprint density at radius 2 is 0.733 bits per heavy atom. The zero-order chi connectivity index (χ0) is 54.9. The minimum Gasteiger partial charge on any atom is -0.387 e. The maximum atomic E-state index is 13.0. The standard InChI is InChI=1S/C66H129N2O6P/c1-6-8-10-12-14-16-18-20-22-24-25-26-27-28-29-30-31-32-33-34-35-36-37-38-39-40-41-42-43-44-46-48-50-52-54-56-58-60-66(70)67-64(63-74-75(71,72)73-62-61-68(3,4)5)65(69)59-57-55-53-51-49-47-45-23-21-19-17-15-13-11-9-7-2/h21,23,49,51,57,59,64-65,69H,6-20,22,24-48,50,52-56,58,60-63H2,1-5H3,(H-,67,70,71,72)/p+1/b23-21+,51-49+,59-57+. The molecule has 0 aliphatic rings. The van der Waals surface area contributed by atoms with E-state index in [1.807, 2.05) is 27.2 Å². The molecule has 0 aliphatic heterocycles. The fraction of sp³-hybridized carbons (Fsp3) is 0.894. The molecule has 0 bridgehead atoms. The molecule has 0 saturated carbocycles. The number of nitrogens with one attached hydrogen (secondary N) is 1. The Balaban J connectivity index is 3.94. The van der Waals surface area contributed by atoms with Crippen LogP contribution < -0.4 is 5.32 Å². The van der Waals surface area contributed by atoms with Gasteiger partial charge < -0.3 is 19.8 Å². The number of quaternary nitrogens is 1. The molecule has 0 aromatic heterocycles. The van der Waals surface area contributed by atoms with Crippen molar-refractivity contribution in [3.8, 4) is 0 Å². The van der Waals surface area contributed by atoms with E-state index in [0.29, 0.717) is 17.4 Å². The Hall–Kier alpha value is -1.28. The van der Waals surface area contributed by atoms with Crippen LogP contribution in [0.25, 0.3) is 0 Å². The third-order valence-electron chi connectivity index (χ3n) is 15.1. The number of rotatable bonds is 61. The van der Waals surface area contributed by atoms with Crippen molar-refractivity contribution in [1.82, 2.24) is 5.32 Å². The van der Waals surface area contributed by atoms with E-state index in [-0.39, 0.29) is 19.1 Å². The van der Waals surface area contributed by atoms with Crippen LogP contribution in [0, 0.1) is 0 Å². The van der Waals surface area contributed by atoms with Crippen molar-refractivity contribution in [3.05, 3.63) is 36.5 Å². The van der Waals surface area contributed by atoms with Crippen LogP contribution in [0.1, 0.15) is 328 Å². The van der Waals surface area contributed by atoms with Crippen LogP contribution in [0.15, 0.2) is 36.5 Å². The summed E-state index contributed by atoms with van der Waals surface area (Å²) in [6.45, 7) is 4.81. The number of phosphoric ester groups is 1. The van der Waals surface area contributed by atoms with Gasteiger partial charge in [-0.1, -0.05) is 314 Å². The van der Waals surface area contributed by atoms with E-state index in [1.54, 1.807) is 6.08 Å². The highest BCUT2D eigenvalue weighted by atomic mass is 31.2. The number of likely N-dealkylation sites (N-methyl/N-ethyl adjacent to an activating group) is 1. The first-order valence-corrected chi connectivity index (χ1v) is 34.4. The average Bonchev–Trinajstić information content (AvgIpc) is 3.37. The number of aliphatic hydroxyl groups is 1. The van der Waals surface area contributed by atoms with Gasteiger partial charge in [0.1, 0.15) is 13.2 Å². The fourth-order valence-electron chi connectivity index (χ4n) is 9.96. The van der Waals surface area contributed by atoms with Crippen molar-refractivity contribution in [1.29, 1.82) is 0 Å². The summed E-state index contributed by atoms with van der Waals surface area (Å²) in [4.78, 5) is 23.3. The van der Waals surface area contributed by atoms with Crippen LogP contribution in [0.4, 0.5) is 0 Å². The van der Waals surface area contributed by atoms with Crippen molar-refractivity contribution < 1.29 is 32.9 Å². The fourth-order valence-corrected chi connectivity index (χ4v) is 10.7. The van der Waals surface area contributed by atoms with E-state index < -0.39 is 20.0 Å². The van der Waals surface area contributed by atoms with Gasteiger partial charge >= 0.3 is 7.82 Å². The quantitative estimate of drug-likeness (QED) is 0.0243. The van der Waals surface area contributed by atoms with Crippen LogP contribution >= 0.6 is 7.82 Å². The molecule has 3 atom stereocenters. The zero-order valence-electron chi connectivity index (χ0n) is 50.8. The first kappa shape index (κ1) is 73.7. The molecule has 0 rings (SSSR count). The number of allylic oxidation sites excluding steroid dienone is 5. The Labute approximate surface area is 467 Å². The van der Waals surface area contributed by atoms with E-state index in [2.05, 4.69) is 43.5 Å². The topological polar surface area (TPSA) is 105 Å². The first-order chi connectivity index (χ1) is 36.5. The number of aliphatic hydroxyl groups excluding tert-OH is 1. The number of hydrogen-bond donors (Lipinski definition) is 3. The Bertz CT molecular complexity index is 1320. The molecule has 0 spiro atoms. The number of phosphoric acid groups is 1. The maximum Gasteiger partial charge on any atom is 0.472 e. The van der Waals surface area contributed by atoms with Crippen LogP contribution in [0.2, 0.25) is 0 Å². The lowest BCUT2D eigenvalue weighted by atomic mass is 10.0. The molecule has 75 heavy (non-hydrogen) atoms. The van der Waals surface area contributed by atoms with Crippen LogP contribution in [-0.2, 0) is 18.4 Å². The summed E-state index contributed by atoms with van der Waals surface area (Å²) >= 11 is 0. The first-order valence-electron chi connectivity index (χ1n) is 32.9. The third-order valence-corrected chi connectivity index (χ3v) is 16.1. The Morgan fingerprint density at radius 3 is 1.07 bits per heavy atom. The monoisotopic (exact) mass is 1080 g/mol. The molecular formula is C66H130N2O6P+. The minimum absolute atomic E-state index is 0.0551. The van der Waals surface area contributed by atoms with Crippen molar-refractivity contribution in [3.63, 3.8) is 0 Å². The highest BCUT2D eigenvalue weighted by Gasteiger charge is 2.28. The average molecular weight is 1080 g/mol. The zero-order valence-corrected chi connectivity index (χ0v) is 51.7. The lowest BCUT2D eigenvalue weighted by Gasteiger charge is -2.25. The number of carbonyl (C=O) groups is 1. The molecule has 8 nitrogen and oxygen atoms in total. The van der Waals surface area contributed by atoms with Crippen molar-refractivity contribution in [2.45, 2.75) is 341 Å². The van der Waals surface area contributed by atoms with Gasteiger partial charge in [0.25, 0.3) is 0 Å². The molecule has 0 aliphatic carbocycles. The third kappa shape index (κ3) is 60.2. The number of carbonyl (C=O) groups excluding carboxylic acids is 1. The predicted molar refractivity (Wildman–Crippen MR) is 328 cm³/mol. The molecule has 0 radical (unpaired) electrons. The van der Waals surface area contributed by atoms with Gasteiger partial charge in [-0.2, -0.15) is 0 Å². The van der Waals surface area contributed by atoms with Gasteiger partial charge in [0.15, 0.2) is 0 Å². The summed E-state index contributed by atoms with van der Waals surface area (Å²) in [5.74, 6) is -0.185. The van der Waals surface area contributed by atoms with Gasteiger partial charge in [-0.25, -0.2) is 4.57 Å². The molecule has 1 amide bonds. The highest BCUT2D eigenvalue weighted by molar-refractivity contribution is 7.47. The number of unbranched alkanes of at least 4 members (excludes halogenated alkanes) is 44. The molecule has 0 aromatic carbocycles. The molecule has 3 unspecified atom stereocenters. The summed E-state index contributed by atoms with van der Waals surface area (Å²) in [6.07, 6.45) is 75.9. The normalized spacial score (nSPS) is 14.0.